The lowest BCUT2D eigenvalue weighted by Gasteiger charge is -2.55. The number of imide groups is 2. The predicted molar refractivity (Wildman–Crippen MR) is 221 cm³/mol. The van der Waals surface area contributed by atoms with Gasteiger partial charge in [0.05, 0.1) is 33.5 Å². The van der Waals surface area contributed by atoms with E-state index in [1.165, 1.54) is 6.07 Å². The molecule has 6 heterocycles. The van der Waals surface area contributed by atoms with Gasteiger partial charge in [-0.25, -0.2) is 4.39 Å². The van der Waals surface area contributed by atoms with Crippen molar-refractivity contribution in [3.8, 4) is 11.8 Å². The summed E-state index contributed by atoms with van der Waals surface area (Å²) in [6.07, 6.45) is 7.27. The number of hydrogen-bond acceptors (Lipinski definition) is 12. The van der Waals surface area contributed by atoms with Crippen molar-refractivity contribution in [2.24, 2.45) is 11.3 Å². The molecule has 1 saturated carbocycles. The molecule has 1 atom stereocenters. The molecule has 0 radical (unpaired) electrons. The van der Waals surface area contributed by atoms with Gasteiger partial charge in [-0.15, -0.1) is 10.2 Å². The minimum absolute atomic E-state index is 0.0135. The molecule has 2 N–H and O–H groups in total. The Morgan fingerprint density at radius 1 is 0.902 bits per heavy atom. The van der Waals surface area contributed by atoms with E-state index in [1.54, 1.807) is 24.3 Å². The van der Waals surface area contributed by atoms with Crippen LogP contribution in [0.2, 0.25) is 5.02 Å². The summed E-state index contributed by atoms with van der Waals surface area (Å²) in [5, 5.41) is 23.5. The molecule has 0 bridgehead atoms. The Kier molecular flexibility index (Phi) is 11.1. The zero-order valence-electron chi connectivity index (χ0n) is 33.7. The molecule has 1 spiro atoms. The largest absolute Gasteiger partial charge is 0.490 e. The summed E-state index contributed by atoms with van der Waals surface area (Å²) < 4.78 is 21.5. The molecule has 4 saturated heterocycles. The van der Waals surface area contributed by atoms with Crippen molar-refractivity contribution < 1.29 is 33.1 Å². The Balaban J connectivity index is 0.692. The van der Waals surface area contributed by atoms with E-state index in [-0.39, 0.29) is 47.4 Å². The van der Waals surface area contributed by atoms with Gasteiger partial charge in [-0.2, -0.15) is 5.26 Å². The molecule has 1 aromatic heterocycles. The van der Waals surface area contributed by atoms with Gasteiger partial charge < -0.3 is 24.8 Å². The minimum Gasteiger partial charge on any atom is -0.490 e. The first-order valence-electron chi connectivity index (χ1n) is 21.2. The summed E-state index contributed by atoms with van der Waals surface area (Å²) in [6.45, 7) is 6.02. The third kappa shape index (κ3) is 8.25. The van der Waals surface area contributed by atoms with Crippen LogP contribution in [0.5, 0.6) is 5.75 Å². The maximum Gasteiger partial charge on any atom is 0.272 e. The number of nitrogens with one attached hydrogen (secondary N) is 2. The van der Waals surface area contributed by atoms with Crippen LogP contribution in [0.15, 0.2) is 42.5 Å². The number of fused-ring (bicyclic) bond motifs is 1. The molecular weight excluding hydrogens is 805 g/mol. The van der Waals surface area contributed by atoms with E-state index < -0.39 is 35.5 Å². The van der Waals surface area contributed by atoms with Gasteiger partial charge >= 0.3 is 0 Å². The molecule has 318 valence electrons. The molecule has 1 aliphatic carbocycles. The molecule has 9 rings (SSSR count). The Hall–Kier alpha value is -5.66. The van der Waals surface area contributed by atoms with Gasteiger partial charge in [0, 0.05) is 56.7 Å². The van der Waals surface area contributed by atoms with Crippen LogP contribution in [-0.4, -0.2) is 114 Å². The smallest absolute Gasteiger partial charge is 0.272 e. The fraction of sp³-hybridized carbons (Fsp3) is 0.500. The standard InChI is InChI=1S/C44H47ClFN9O6/c45-33-19-30(4-1-27(33)22-47)61-29-5-2-28(3-6-29)48-40(57)35-7-9-38(51-50-35)53-15-11-26(12-16-53)23-52-17-13-44(14-18-52)24-54(25-44)37-21-32-31(20-34(37)46)42(59)55(43(32)60)36-8-10-39(56)49-41(36)58/h1,4,7,9,19-21,26,28-29,36H,2-3,5-6,8,10-18,23-25H2,(H,48,57)(H,49,56,58)/t28-,29-,36?. The summed E-state index contributed by atoms with van der Waals surface area (Å²) in [5.74, 6) is -1.33. The fourth-order valence-corrected chi connectivity index (χ4v) is 10.2. The number of aromatic nitrogens is 2. The normalized spacial score (nSPS) is 24.3. The van der Waals surface area contributed by atoms with E-state index in [4.69, 9.17) is 21.6 Å². The number of nitrogens with zero attached hydrogens (tertiary/aromatic N) is 7. The highest BCUT2D eigenvalue weighted by Gasteiger charge is 2.48. The third-order valence-corrected chi connectivity index (χ3v) is 13.8. The van der Waals surface area contributed by atoms with Gasteiger partial charge in [0.2, 0.25) is 11.8 Å². The van der Waals surface area contributed by atoms with E-state index in [0.29, 0.717) is 46.7 Å². The van der Waals surface area contributed by atoms with Gasteiger partial charge in [-0.1, -0.05) is 11.6 Å². The predicted octanol–water partition coefficient (Wildman–Crippen LogP) is 4.48. The lowest BCUT2D eigenvalue weighted by molar-refractivity contribution is -0.136. The van der Waals surface area contributed by atoms with Crippen LogP contribution in [0, 0.1) is 28.5 Å². The molecule has 6 aliphatic rings. The van der Waals surface area contributed by atoms with Crippen molar-refractivity contribution in [3.63, 3.8) is 0 Å². The van der Waals surface area contributed by atoms with Crippen molar-refractivity contribution in [3.05, 3.63) is 75.7 Å². The first-order chi connectivity index (χ1) is 29.5. The van der Waals surface area contributed by atoms with Crippen LogP contribution < -0.4 is 25.2 Å². The highest BCUT2D eigenvalue weighted by Crippen LogP contribution is 2.45. The van der Waals surface area contributed by atoms with Gasteiger partial charge in [-0.3, -0.25) is 34.2 Å². The van der Waals surface area contributed by atoms with Crippen LogP contribution in [0.3, 0.4) is 0 Å². The summed E-state index contributed by atoms with van der Waals surface area (Å²) in [7, 11) is 0. The van der Waals surface area contributed by atoms with E-state index in [0.717, 1.165) is 101 Å². The van der Waals surface area contributed by atoms with Gasteiger partial charge in [0.1, 0.15) is 23.7 Å². The van der Waals surface area contributed by atoms with E-state index in [2.05, 4.69) is 30.6 Å². The van der Waals surface area contributed by atoms with Crippen LogP contribution in [0.4, 0.5) is 15.9 Å². The molecule has 15 nitrogen and oxygen atoms in total. The molecular formula is C44H47ClFN9O6. The minimum atomic E-state index is -1.09. The second-order valence-corrected chi connectivity index (χ2v) is 17.9. The Morgan fingerprint density at radius 3 is 2.28 bits per heavy atom. The number of nitriles is 1. The Labute approximate surface area is 357 Å². The Morgan fingerprint density at radius 2 is 1.62 bits per heavy atom. The number of carbonyl (C=O) groups excluding carboxylic acids is 5. The van der Waals surface area contributed by atoms with Gasteiger partial charge in [0.15, 0.2) is 11.5 Å². The molecule has 3 aromatic rings. The van der Waals surface area contributed by atoms with E-state index >= 15 is 4.39 Å². The molecule has 5 amide bonds. The number of likely N-dealkylation sites (tertiary alicyclic amines) is 1. The number of amides is 5. The highest BCUT2D eigenvalue weighted by atomic mass is 35.5. The van der Waals surface area contributed by atoms with Crippen molar-refractivity contribution in [1.82, 2.24) is 30.6 Å². The molecule has 2 aromatic carbocycles. The van der Waals surface area contributed by atoms with Gasteiger partial charge in [-0.05, 0) is 113 Å². The van der Waals surface area contributed by atoms with Crippen LogP contribution in [-0.2, 0) is 9.59 Å². The third-order valence-electron chi connectivity index (χ3n) is 13.5. The second kappa shape index (κ2) is 16.7. The number of anilines is 2. The Bertz CT molecular complexity index is 2290. The fourth-order valence-electron chi connectivity index (χ4n) is 9.94. The molecule has 1 unspecified atom stereocenters. The van der Waals surface area contributed by atoms with Crippen molar-refractivity contribution in [2.75, 3.05) is 55.6 Å². The van der Waals surface area contributed by atoms with E-state index in [1.807, 2.05) is 17.0 Å². The van der Waals surface area contributed by atoms with Gasteiger partial charge in [0.25, 0.3) is 17.7 Å². The molecule has 5 aliphatic heterocycles. The number of piperidine rings is 3. The van der Waals surface area contributed by atoms with Crippen LogP contribution in [0.1, 0.15) is 101 Å². The quantitative estimate of drug-likeness (QED) is 0.289. The SMILES string of the molecule is N#Cc1ccc(O[C@H]2CC[C@H](NC(=O)c3ccc(N4CCC(CN5CCC6(CC5)CN(c5cc7c(cc5F)C(=O)N(C5CCC(=O)NC5=O)C7=O)C6)CC4)nn3)CC2)cc1Cl. The average Bonchev–Trinajstić information content (AvgIpc) is 3.48. The first kappa shape index (κ1) is 40.7. The number of benzene rings is 2. The monoisotopic (exact) mass is 851 g/mol. The summed E-state index contributed by atoms with van der Waals surface area (Å²) in [4.78, 5) is 71.1. The number of rotatable bonds is 9. The maximum absolute atomic E-state index is 15.4. The number of halogens is 2. The number of hydrogen-bond donors (Lipinski definition) is 2. The lowest BCUT2D eigenvalue weighted by Crippen LogP contribution is -2.61. The van der Waals surface area contributed by atoms with Crippen LogP contribution in [0.25, 0.3) is 0 Å². The summed E-state index contributed by atoms with van der Waals surface area (Å²) in [5.41, 5.74) is 1.11. The highest BCUT2D eigenvalue weighted by molar-refractivity contribution is 6.31. The zero-order valence-corrected chi connectivity index (χ0v) is 34.5. The number of ether oxygens (including phenoxy) is 1. The summed E-state index contributed by atoms with van der Waals surface area (Å²) >= 11 is 6.15. The molecule has 61 heavy (non-hydrogen) atoms. The zero-order chi connectivity index (χ0) is 42.4. The second-order valence-electron chi connectivity index (χ2n) is 17.5. The maximum atomic E-state index is 15.4. The van der Waals surface area contributed by atoms with Crippen molar-refractivity contribution in [2.45, 2.75) is 82.4 Å². The van der Waals surface area contributed by atoms with E-state index in [9.17, 15) is 24.0 Å². The van der Waals surface area contributed by atoms with Crippen molar-refractivity contribution >= 4 is 52.6 Å². The van der Waals surface area contributed by atoms with Crippen LogP contribution >= 0.6 is 11.6 Å². The van der Waals surface area contributed by atoms with Crippen molar-refractivity contribution in [1.29, 1.82) is 5.26 Å². The lowest BCUT2D eigenvalue weighted by atomic mass is 9.71. The number of carbonyl (C=O) groups is 5. The molecule has 17 heteroatoms. The first-order valence-corrected chi connectivity index (χ1v) is 21.6. The topological polar surface area (TPSA) is 181 Å². The molecule has 5 fully saturated rings. The summed E-state index contributed by atoms with van der Waals surface area (Å²) in [6, 6.07) is 12.2. The average molecular weight is 852 g/mol.